The molecule has 1 amide bonds. The van der Waals surface area contributed by atoms with E-state index in [4.69, 9.17) is 14.8 Å². The van der Waals surface area contributed by atoms with Crippen LogP contribution in [0.3, 0.4) is 0 Å². The van der Waals surface area contributed by atoms with Crippen LogP contribution in [0.15, 0.2) is 12.4 Å². The Kier molecular flexibility index (Phi) is 7.26. The van der Waals surface area contributed by atoms with Crippen LogP contribution >= 0.6 is 0 Å². The number of carbonyl (C=O) groups excluding carboxylic acids is 1. The van der Waals surface area contributed by atoms with E-state index in [-0.39, 0.29) is 5.91 Å². The van der Waals surface area contributed by atoms with Crippen LogP contribution in [0.25, 0.3) is 0 Å². The number of aromatic nitrogens is 4. The molecule has 4 fully saturated rings. The number of hydrogen-bond donors (Lipinski definition) is 2. The van der Waals surface area contributed by atoms with Gasteiger partial charge in [-0.05, 0) is 78.7 Å². The number of rotatable bonds is 9. The Morgan fingerprint density at radius 3 is 2.64 bits per heavy atom. The maximum Gasteiger partial charge on any atom is 0.230 e. The quantitative estimate of drug-likeness (QED) is 0.463. The van der Waals surface area contributed by atoms with Gasteiger partial charge in [-0.15, -0.1) is 0 Å². The Balaban J connectivity index is 1.09. The fourth-order valence-electron chi connectivity index (χ4n) is 6.58. The van der Waals surface area contributed by atoms with E-state index in [2.05, 4.69) is 45.4 Å². The van der Waals surface area contributed by atoms with Crippen molar-refractivity contribution in [1.82, 2.24) is 29.5 Å². The van der Waals surface area contributed by atoms with Crippen LogP contribution in [0.4, 0.5) is 17.5 Å². The normalized spacial score (nSPS) is 27.0. The number of amides is 1. The van der Waals surface area contributed by atoms with Gasteiger partial charge in [0, 0.05) is 49.7 Å². The first-order valence-corrected chi connectivity index (χ1v) is 14.8. The first kappa shape index (κ1) is 26.5. The maximum absolute atomic E-state index is 12.9. The van der Waals surface area contributed by atoms with Crippen molar-refractivity contribution in [2.24, 2.45) is 5.41 Å². The van der Waals surface area contributed by atoms with Crippen molar-refractivity contribution in [3.8, 4) is 0 Å². The third-order valence-electron chi connectivity index (χ3n) is 9.18. The van der Waals surface area contributed by atoms with Crippen molar-refractivity contribution in [2.75, 3.05) is 50.5 Å². The van der Waals surface area contributed by atoms with Gasteiger partial charge in [0.1, 0.15) is 5.82 Å². The van der Waals surface area contributed by atoms with Crippen LogP contribution in [0, 0.1) is 12.3 Å². The molecular weight excluding hydrogens is 492 g/mol. The lowest BCUT2D eigenvalue weighted by Gasteiger charge is -2.36. The van der Waals surface area contributed by atoms with Gasteiger partial charge in [0.2, 0.25) is 11.9 Å². The van der Waals surface area contributed by atoms with Crippen molar-refractivity contribution in [2.45, 2.75) is 89.8 Å². The minimum absolute atomic E-state index is 0.177. The Morgan fingerprint density at radius 1 is 1.13 bits per heavy atom. The van der Waals surface area contributed by atoms with Gasteiger partial charge in [-0.2, -0.15) is 10.1 Å². The molecule has 0 spiro atoms. The van der Waals surface area contributed by atoms with Crippen molar-refractivity contribution < 1.29 is 9.53 Å². The molecule has 2 N–H and O–H groups in total. The molecule has 0 aromatic carbocycles. The van der Waals surface area contributed by atoms with Crippen molar-refractivity contribution in [3.63, 3.8) is 0 Å². The number of anilines is 3. The zero-order valence-corrected chi connectivity index (χ0v) is 23.9. The fourth-order valence-corrected chi connectivity index (χ4v) is 6.58. The molecule has 10 nitrogen and oxygen atoms in total. The highest BCUT2D eigenvalue weighted by Crippen LogP contribution is 2.43. The van der Waals surface area contributed by atoms with Gasteiger partial charge in [0.15, 0.2) is 0 Å². The molecule has 10 heteroatoms. The number of nitrogens with zero attached hydrogens (tertiary/aromatic N) is 6. The van der Waals surface area contributed by atoms with Gasteiger partial charge in [-0.1, -0.05) is 0 Å². The van der Waals surface area contributed by atoms with Crippen LogP contribution in [-0.4, -0.2) is 87.4 Å². The van der Waals surface area contributed by atoms with Crippen molar-refractivity contribution in [3.05, 3.63) is 23.7 Å². The number of carbonyl (C=O) groups is 1. The molecule has 0 radical (unpaired) electrons. The molecule has 2 aromatic rings. The summed E-state index contributed by atoms with van der Waals surface area (Å²) in [5, 5.41) is 11.9. The summed E-state index contributed by atoms with van der Waals surface area (Å²) in [6, 6.07) is 1.81. The maximum atomic E-state index is 12.9. The second kappa shape index (κ2) is 10.7. The third-order valence-corrected chi connectivity index (χ3v) is 9.18. The number of aryl methyl sites for hydroxylation is 1. The summed E-state index contributed by atoms with van der Waals surface area (Å²) < 4.78 is 7.82. The van der Waals surface area contributed by atoms with E-state index in [1.54, 1.807) is 0 Å². The predicted octanol–water partition coefficient (Wildman–Crippen LogP) is 4.09. The Bertz CT molecular complexity index is 1180. The van der Waals surface area contributed by atoms with Gasteiger partial charge in [-0.3, -0.25) is 9.48 Å². The van der Waals surface area contributed by atoms with E-state index in [0.29, 0.717) is 56.3 Å². The zero-order chi connectivity index (χ0) is 27.1. The van der Waals surface area contributed by atoms with Crippen LogP contribution in [-0.2, 0) is 9.53 Å². The molecule has 2 unspecified atom stereocenters. The Hall–Kier alpha value is -2.72. The van der Waals surface area contributed by atoms with E-state index in [9.17, 15) is 4.79 Å². The van der Waals surface area contributed by atoms with E-state index in [1.165, 1.54) is 44.1 Å². The average Bonchev–Trinajstić information content (AvgIpc) is 3.68. The standard InChI is InChI=1S/C29H44N8O2/c1-19-25(17-37(34-19)23-14-21-8-9-22(15-23)35(21)4)32-28-31-16-24(20-6-7-20)26(33-28)30-10-5-11-36-12-13-39-18-29(2,3)27(36)38/h16-17,20-23H,5-15,18H2,1-4H3,(H2,30,31,32,33). The molecule has 3 saturated heterocycles. The second-order valence-electron chi connectivity index (χ2n) is 12.7. The first-order chi connectivity index (χ1) is 18.8. The lowest BCUT2D eigenvalue weighted by molar-refractivity contribution is -0.139. The SMILES string of the molecule is Cc1nn(C2CC3CCC(C2)N3C)cc1Nc1ncc(C2CC2)c(NCCCN2CCOCC(C)(C)C2=O)n1. The molecule has 39 heavy (non-hydrogen) atoms. The summed E-state index contributed by atoms with van der Waals surface area (Å²) in [5.74, 6) is 2.21. The van der Waals surface area contributed by atoms with Crippen molar-refractivity contribution in [1.29, 1.82) is 0 Å². The molecule has 5 heterocycles. The van der Waals surface area contributed by atoms with E-state index in [0.717, 1.165) is 30.2 Å². The molecule has 1 saturated carbocycles. The van der Waals surface area contributed by atoms with Gasteiger partial charge >= 0.3 is 0 Å². The van der Waals surface area contributed by atoms with Gasteiger partial charge in [0.05, 0.1) is 36.1 Å². The lowest BCUT2D eigenvalue weighted by atomic mass is 9.93. The van der Waals surface area contributed by atoms with Crippen LogP contribution in [0.2, 0.25) is 0 Å². The fraction of sp³-hybridized carbons (Fsp3) is 0.724. The molecular formula is C29H44N8O2. The molecule has 6 rings (SSSR count). The monoisotopic (exact) mass is 536 g/mol. The third kappa shape index (κ3) is 5.63. The summed E-state index contributed by atoms with van der Waals surface area (Å²) in [6.45, 7) is 9.18. The molecule has 2 bridgehead atoms. The van der Waals surface area contributed by atoms with Gasteiger partial charge in [-0.25, -0.2) is 4.98 Å². The topological polar surface area (TPSA) is 100 Å². The molecule has 1 aliphatic carbocycles. The largest absolute Gasteiger partial charge is 0.379 e. The molecule has 4 aliphatic rings. The Labute approximate surface area is 231 Å². The van der Waals surface area contributed by atoms with Crippen LogP contribution in [0.5, 0.6) is 0 Å². The summed E-state index contributed by atoms with van der Waals surface area (Å²) in [4.78, 5) is 26.9. The zero-order valence-electron chi connectivity index (χ0n) is 23.9. The highest BCUT2D eigenvalue weighted by Gasteiger charge is 2.39. The second-order valence-corrected chi connectivity index (χ2v) is 12.7. The number of fused-ring (bicyclic) bond motifs is 2. The van der Waals surface area contributed by atoms with E-state index < -0.39 is 5.41 Å². The van der Waals surface area contributed by atoms with Gasteiger partial charge in [0.25, 0.3) is 0 Å². The Morgan fingerprint density at radius 2 is 1.90 bits per heavy atom. The smallest absolute Gasteiger partial charge is 0.230 e. The van der Waals surface area contributed by atoms with E-state index in [1.807, 2.05) is 24.9 Å². The minimum Gasteiger partial charge on any atom is -0.379 e. The van der Waals surface area contributed by atoms with Crippen LogP contribution < -0.4 is 10.6 Å². The van der Waals surface area contributed by atoms with Crippen LogP contribution in [0.1, 0.15) is 82.0 Å². The van der Waals surface area contributed by atoms with Gasteiger partial charge < -0.3 is 25.2 Å². The minimum atomic E-state index is -0.463. The molecule has 2 atom stereocenters. The highest BCUT2D eigenvalue weighted by molar-refractivity contribution is 5.82. The summed E-state index contributed by atoms with van der Waals surface area (Å²) >= 11 is 0. The predicted molar refractivity (Wildman–Crippen MR) is 151 cm³/mol. The number of hydrogen-bond acceptors (Lipinski definition) is 8. The number of ether oxygens (including phenoxy) is 1. The van der Waals surface area contributed by atoms with E-state index >= 15 is 0 Å². The summed E-state index contributed by atoms with van der Waals surface area (Å²) in [6.07, 6.45) is 12.3. The number of nitrogens with one attached hydrogen (secondary N) is 2. The molecule has 212 valence electrons. The summed E-state index contributed by atoms with van der Waals surface area (Å²) in [5.41, 5.74) is 2.67. The number of piperidine rings is 1. The first-order valence-electron chi connectivity index (χ1n) is 14.8. The molecule has 3 aliphatic heterocycles. The van der Waals surface area contributed by atoms with Crippen molar-refractivity contribution >= 4 is 23.4 Å². The molecule has 2 aromatic heterocycles. The average molecular weight is 537 g/mol. The summed E-state index contributed by atoms with van der Waals surface area (Å²) in [7, 11) is 2.28. The lowest BCUT2D eigenvalue weighted by Crippen LogP contribution is -2.42. The highest BCUT2D eigenvalue weighted by atomic mass is 16.5.